The van der Waals surface area contributed by atoms with Gasteiger partial charge < -0.3 is 10.2 Å². The second kappa shape index (κ2) is 7.82. The maximum Gasteiger partial charge on any atom is 0.234 e. The highest BCUT2D eigenvalue weighted by Gasteiger charge is 2.19. The van der Waals surface area contributed by atoms with Crippen molar-refractivity contribution in [3.8, 4) is 0 Å². The zero-order chi connectivity index (χ0) is 18.8. The fourth-order valence-corrected chi connectivity index (χ4v) is 5.19. The Hall–Kier alpha value is -2.19. The highest BCUT2D eigenvalue weighted by Crippen LogP contribution is 2.34. The lowest BCUT2D eigenvalue weighted by Crippen LogP contribution is -2.16. The van der Waals surface area contributed by atoms with Crippen molar-refractivity contribution >= 4 is 50.2 Å². The van der Waals surface area contributed by atoms with Crippen LogP contribution in [0.5, 0.6) is 0 Å². The number of nitrogens with one attached hydrogen (secondary N) is 1. The molecule has 3 aromatic rings. The van der Waals surface area contributed by atoms with Crippen LogP contribution in [0.4, 0.5) is 10.8 Å². The Morgan fingerprint density at radius 3 is 2.67 bits per heavy atom. The first-order valence-corrected chi connectivity index (χ1v) is 10.8. The van der Waals surface area contributed by atoms with Crippen molar-refractivity contribution in [2.24, 2.45) is 0 Å². The Morgan fingerprint density at radius 2 is 1.93 bits per heavy atom. The predicted octanol–water partition coefficient (Wildman–Crippen LogP) is 4.03. The van der Waals surface area contributed by atoms with E-state index in [2.05, 4.69) is 31.2 Å². The van der Waals surface area contributed by atoms with E-state index in [9.17, 15) is 4.79 Å². The topological polar surface area (TPSA) is 71.0 Å². The van der Waals surface area contributed by atoms with Gasteiger partial charge in [0.15, 0.2) is 10.8 Å². The van der Waals surface area contributed by atoms with Crippen LogP contribution in [-0.4, -0.2) is 39.7 Å². The molecule has 8 heteroatoms. The fourth-order valence-electron chi connectivity index (χ4n) is 3.25. The summed E-state index contributed by atoms with van der Waals surface area (Å²) in [7, 11) is 0. The van der Waals surface area contributed by atoms with Crippen LogP contribution in [0.2, 0.25) is 0 Å². The molecule has 2 aromatic heterocycles. The minimum absolute atomic E-state index is 0.0407. The molecule has 1 fully saturated rings. The molecule has 0 unspecified atom stereocenters. The summed E-state index contributed by atoms with van der Waals surface area (Å²) >= 11 is 3.05. The Balaban J connectivity index is 1.45. The quantitative estimate of drug-likeness (QED) is 0.516. The molecule has 0 aliphatic carbocycles. The van der Waals surface area contributed by atoms with E-state index in [4.69, 9.17) is 0 Å². The molecule has 0 spiro atoms. The van der Waals surface area contributed by atoms with Crippen molar-refractivity contribution in [3.05, 3.63) is 35.7 Å². The molecule has 1 amide bonds. The molecule has 140 valence electrons. The Kier molecular flexibility index (Phi) is 5.27. The van der Waals surface area contributed by atoms with Crippen LogP contribution in [0.3, 0.4) is 0 Å². The zero-order valence-electron chi connectivity index (χ0n) is 15.4. The number of thiazole rings is 1. The standard InChI is InChI=1S/C19H21N5OS2/c1-12-7-13(2)9-14(8-12)22-15(25)10-26-18-16-17(20-11-21-18)23-19(27-16)24-5-3-4-6-24/h7-9,11H,3-6,10H2,1-2H3,(H,22,25). The lowest BCUT2D eigenvalue weighted by atomic mass is 10.1. The average Bonchev–Trinajstić information content (AvgIpc) is 3.28. The number of aryl methyl sites for hydroxylation is 2. The van der Waals surface area contributed by atoms with Crippen molar-refractivity contribution in [1.82, 2.24) is 15.0 Å². The molecular formula is C19H21N5OS2. The zero-order valence-corrected chi connectivity index (χ0v) is 17.0. The summed E-state index contributed by atoms with van der Waals surface area (Å²) < 4.78 is 0.962. The van der Waals surface area contributed by atoms with Gasteiger partial charge in [-0.05, 0) is 49.9 Å². The highest BCUT2D eigenvalue weighted by atomic mass is 32.2. The third kappa shape index (κ3) is 4.22. The van der Waals surface area contributed by atoms with Gasteiger partial charge in [-0.2, -0.15) is 4.98 Å². The number of carbonyl (C=O) groups excluding carboxylic acids is 1. The van der Waals surface area contributed by atoms with Gasteiger partial charge in [-0.3, -0.25) is 4.79 Å². The number of amides is 1. The van der Waals surface area contributed by atoms with Crippen LogP contribution in [-0.2, 0) is 4.79 Å². The van der Waals surface area contributed by atoms with Gasteiger partial charge in [0, 0.05) is 18.8 Å². The maximum absolute atomic E-state index is 12.4. The van der Waals surface area contributed by atoms with Crippen LogP contribution >= 0.6 is 23.1 Å². The predicted molar refractivity (Wildman–Crippen MR) is 112 cm³/mol. The van der Waals surface area contributed by atoms with Gasteiger partial charge in [-0.1, -0.05) is 29.2 Å². The fraction of sp³-hybridized carbons (Fsp3) is 0.368. The molecule has 1 aromatic carbocycles. The normalized spacial score (nSPS) is 14.1. The van der Waals surface area contributed by atoms with E-state index in [-0.39, 0.29) is 5.91 Å². The van der Waals surface area contributed by atoms with Crippen LogP contribution in [0.1, 0.15) is 24.0 Å². The summed E-state index contributed by atoms with van der Waals surface area (Å²) in [6, 6.07) is 6.04. The van der Waals surface area contributed by atoms with Crippen molar-refractivity contribution in [2.45, 2.75) is 31.7 Å². The van der Waals surface area contributed by atoms with Crippen LogP contribution in [0.25, 0.3) is 10.3 Å². The van der Waals surface area contributed by atoms with E-state index in [1.165, 1.54) is 30.9 Å². The largest absolute Gasteiger partial charge is 0.348 e. The minimum Gasteiger partial charge on any atom is -0.348 e. The SMILES string of the molecule is Cc1cc(C)cc(NC(=O)CSc2ncnc3nc(N4CCCC4)sc23)c1. The molecule has 0 bridgehead atoms. The maximum atomic E-state index is 12.4. The number of hydrogen-bond acceptors (Lipinski definition) is 7. The highest BCUT2D eigenvalue weighted by molar-refractivity contribution is 8.00. The molecule has 0 atom stereocenters. The van der Waals surface area contributed by atoms with Gasteiger partial charge in [0.05, 0.1) is 5.75 Å². The van der Waals surface area contributed by atoms with Crippen molar-refractivity contribution < 1.29 is 4.79 Å². The van der Waals surface area contributed by atoms with Gasteiger partial charge in [-0.15, -0.1) is 0 Å². The van der Waals surface area contributed by atoms with Gasteiger partial charge in [0.2, 0.25) is 5.91 Å². The Bertz CT molecular complexity index is 961. The molecule has 6 nitrogen and oxygen atoms in total. The summed E-state index contributed by atoms with van der Waals surface area (Å²) in [5.41, 5.74) is 3.82. The summed E-state index contributed by atoms with van der Waals surface area (Å²) in [5.74, 6) is 0.261. The van der Waals surface area contributed by atoms with Crippen molar-refractivity contribution in [3.63, 3.8) is 0 Å². The van der Waals surface area contributed by atoms with E-state index in [1.807, 2.05) is 26.0 Å². The number of aromatic nitrogens is 3. The first-order chi connectivity index (χ1) is 13.1. The number of rotatable bonds is 5. The number of carbonyl (C=O) groups is 1. The van der Waals surface area contributed by atoms with Gasteiger partial charge in [-0.25, -0.2) is 9.97 Å². The Labute approximate surface area is 166 Å². The molecule has 1 saturated heterocycles. The number of hydrogen-bond donors (Lipinski definition) is 1. The molecule has 1 aliphatic rings. The monoisotopic (exact) mass is 399 g/mol. The lowest BCUT2D eigenvalue weighted by Gasteiger charge is -2.11. The Morgan fingerprint density at radius 1 is 1.19 bits per heavy atom. The molecule has 4 rings (SSSR count). The number of fused-ring (bicyclic) bond motifs is 1. The van der Waals surface area contributed by atoms with E-state index in [1.54, 1.807) is 11.3 Å². The second-order valence-corrected chi connectivity index (χ2v) is 8.68. The van der Waals surface area contributed by atoms with E-state index in [0.29, 0.717) is 11.4 Å². The smallest absolute Gasteiger partial charge is 0.234 e. The first-order valence-electron chi connectivity index (χ1n) is 8.96. The van der Waals surface area contributed by atoms with E-state index >= 15 is 0 Å². The molecule has 0 saturated carbocycles. The summed E-state index contributed by atoms with van der Waals surface area (Å²) in [5, 5.41) is 4.79. The molecule has 0 radical (unpaired) electrons. The minimum atomic E-state index is -0.0407. The van der Waals surface area contributed by atoms with Crippen molar-refractivity contribution in [1.29, 1.82) is 0 Å². The van der Waals surface area contributed by atoms with Gasteiger partial charge in [0.25, 0.3) is 0 Å². The van der Waals surface area contributed by atoms with E-state index < -0.39 is 0 Å². The van der Waals surface area contributed by atoms with Crippen LogP contribution in [0.15, 0.2) is 29.6 Å². The molecule has 1 N–H and O–H groups in total. The molecule has 27 heavy (non-hydrogen) atoms. The number of anilines is 2. The average molecular weight is 400 g/mol. The van der Waals surface area contributed by atoms with Crippen molar-refractivity contribution in [2.75, 3.05) is 29.1 Å². The summed E-state index contributed by atoms with van der Waals surface area (Å²) in [6.45, 7) is 6.15. The number of benzene rings is 1. The second-order valence-electron chi connectivity index (χ2n) is 6.74. The third-order valence-corrected chi connectivity index (χ3v) is 6.60. The van der Waals surface area contributed by atoms with Crippen LogP contribution in [0, 0.1) is 13.8 Å². The lowest BCUT2D eigenvalue weighted by molar-refractivity contribution is -0.113. The number of nitrogens with zero attached hydrogens (tertiary/aromatic N) is 4. The summed E-state index contributed by atoms with van der Waals surface area (Å²) in [4.78, 5) is 28.0. The third-order valence-electron chi connectivity index (χ3n) is 4.37. The summed E-state index contributed by atoms with van der Waals surface area (Å²) in [6.07, 6.45) is 3.95. The molecule has 3 heterocycles. The van der Waals surface area contributed by atoms with Crippen LogP contribution < -0.4 is 10.2 Å². The van der Waals surface area contributed by atoms with Gasteiger partial charge in [0.1, 0.15) is 16.1 Å². The molecular weight excluding hydrogens is 378 g/mol. The molecule has 1 aliphatic heterocycles. The number of thioether (sulfide) groups is 1. The van der Waals surface area contributed by atoms with E-state index in [0.717, 1.165) is 44.8 Å². The van der Waals surface area contributed by atoms with Gasteiger partial charge >= 0.3 is 0 Å². The first kappa shape index (κ1) is 18.2.